The first-order chi connectivity index (χ1) is 10.0. The maximum Gasteiger partial charge on any atom is 0.236 e. The lowest BCUT2D eigenvalue weighted by Gasteiger charge is -2.31. The predicted octanol–water partition coefficient (Wildman–Crippen LogP) is 1.16. The molecule has 0 radical (unpaired) electrons. The second-order valence-electron chi connectivity index (χ2n) is 5.59. The maximum absolute atomic E-state index is 12.4. The quantitative estimate of drug-likeness (QED) is 0.856. The summed E-state index contributed by atoms with van der Waals surface area (Å²) in [6.45, 7) is 2.53. The highest BCUT2D eigenvalue weighted by molar-refractivity contribution is 7.92. The fraction of sp³-hybridized carbons (Fsp3) is 0.600. The number of hydrogen-bond donors (Lipinski definition) is 1. The molecular formula is C15H24N2O3S. The van der Waals surface area contributed by atoms with Crippen molar-refractivity contribution in [2.45, 2.75) is 12.8 Å². The Balaban J connectivity index is 1.87. The molecule has 0 aromatic heterocycles. The lowest BCUT2D eigenvalue weighted by atomic mass is 9.98. The van der Waals surface area contributed by atoms with Gasteiger partial charge in [0.1, 0.15) is 0 Å². The molecular weight excluding hydrogens is 288 g/mol. The van der Waals surface area contributed by atoms with Crippen LogP contribution in [0.2, 0.25) is 0 Å². The van der Waals surface area contributed by atoms with Crippen LogP contribution in [0.1, 0.15) is 12.8 Å². The van der Waals surface area contributed by atoms with Gasteiger partial charge in [-0.1, -0.05) is 18.2 Å². The second kappa shape index (κ2) is 7.24. The molecule has 1 aromatic rings. The molecule has 1 aliphatic rings. The summed E-state index contributed by atoms with van der Waals surface area (Å²) in [7, 11) is -1.69. The van der Waals surface area contributed by atoms with Crippen molar-refractivity contribution < 1.29 is 13.5 Å². The van der Waals surface area contributed by atoms with Crippen molar-refractivity contribution in [3.05, 3.63) is 30.3 Å². The number of para-hydroxylation sites is 1. The third-order valence-corrected chi connectivity index (χ3v) is 5.91. The Kier molecular flexibility index (Phi) is 5.61. The zero-order valence-electron chi connectivity index (χ0n) is 12.5. The SMILES string of the molecule is CN(c1ccccc1)S(=O)(=O)CCN1CCC(CO)CC1. The second-order valence-corrected chi connectivity index (χ2v) is 7.71. The normalized spacial score (nSPS) is 17.8. The first-order valence-corrected chi connectivity index (χ1v) is 8.98. The highest BCUT2D eigenvalue weighted by Gasteiger charge is 2.22. The van der Waals surface area contributed by atoms with Crippen LogP contribution in [0.3, 0.4) is 0 Å². The summed E-state index contributed by atoms with van der Waals surface area (Å²) in [4.78, 5) is 2.17. The topological polar surface area (TPSA) is 60.9 Å². The average molecular weight is 312 g/mol. The van der Waals surface area contributed by atoms with Crippen LogP contribution < -0.4 is 4.31 Å². The number of likely N-dealkylation sites (tertiary alicyclic amines) is 1. The van der Waals surface area contributed by atoms with Gasteiger partial charge in [0.2, 0.25) is 10.0 Å². The molecule has 0 spiro atoms. The molecule has 0 saturated carbocycles. The van der Waals surface area contributed by atoms with Gasteiger partial charge in [0.15, 0.2) is 0 Å². The van der Waals surface area contributed by atoms with Crippen LogP contribution in [0.25, 0.3) is 0 Å². The summed E-state index contributed by atoms with van der Waals surface area (Å²) >= 11 is 0. The zero-order chi connectivity index (χ0) is 15.3. The van der Waals surface area contributed by atoms with Gasteiger partial charge in [-0.2, -0.15) is 0 Å². The van der Waals surface area contributed by atoms with E-state index in [1.54, 1.807) is 19.2 Å². The van der Waals surface area contributed by atoms with E-state index in [1.165, 1.54) is 4.31 Å². The fourth-order valence-electron chi connectivity index (χ4n) is 2.57. The predicted molar refractivity (Wildman–Crippen MR) is 84.9 cm³/mol. The van der Waals surface area contributed by atoms with Gasteiger partial charge >= 0.3 is 0 Å². The Bertz CT molecular complexity index is 525. The lowest BCUT2D eigenvalue weighted by Crippen LogP contribution is -2.40. The standard InChI is InChI=1S/C15H24N2O3S/c1-16(15-5-3-2-4-6-15)21(19,20)12-11-17-9-7-14(13-18)8-10-17/h2-6,14,18H,7-13H2,1H3. The van der Waals surface area contributed by atoms with E-state index in [1.807, 2.05) is 18.2 Å². The van der Waals surface area contributed by atoms with E-state index in [0.29, 0.717) is 18.2 Å². The summed E-state index contributed by atoms with van der Waals surface area (Å²) < 4.78 is 26.1. The van der Waals surface area contributed by atoms with Crippen LogP contribution in [-0.2, 0) is 10.0 Å². The number of hydrogen-bond acceptors (Lipinski definition) is 4. The van der Waals surface area contributed by atoms with Crippen molar-refractivity contribution in [2.24, 2.45) is 5.92 Å². The van der Waals surface area contributed by atoms with Crippen molar-refractivity contribution in [3.8, 4) is 0 Å². The molecule has 6 heteroatoms. The van der Waals surface area contributed by atoms with Crippen LogP contribution in [0.4, 0.5) is 5.69 Å². The number of piperidine rings is 1. The molecule has 0 bridgehead atoms. The Morgan fingerprint density at radius 3 is 2.43 bits per heavy atom. The minimum atomic E-state index is -3.29. The summed E-state index contributed by atoms with van der Waals surface area (Å²) in [6, 6.07) is 9.13. The highest BCUT2D eigenvalue weighted by Crippen LogP contribution is 2.18. The van der Waals surface area contributed by atoms with E-state index in [0.717, 1.165) is 25.9 Å². The van der Waals surface area contributed by atoms with Gasteiger partial charge in [-0.3, -0.25) is 4.31 Å². The van der Waals surface area contributed by atoms with E-state index >= 15 is 0 Å². The molecule has 1 aliphatic heterocycles. The number of aliphatic hydroxyl groups excluding tert-OH is 1. The number of sulfonamides is 1. The number of rotatable bonds is 6. The molecule has 1 aromatic carbocycles. The number of anilines is 1. The smallest absolute Gasteiger partial charge is 0.236 e. The lowest BCUT2D eigenvalue weighted by molar-refractivity contribution is 0.136. The van der Waals surface area contributed by atoms with Gasteiger partial charge in [0.25, 0.3) is 0 Å². The van der Waals surface area contributed by atoms with Gasteiger partial charge in [-0.25, -0.2) is 8.42 Å². The molecule has 1 heterocycles. The van der Waals surface area contributed by atoms with Crippen LogP contribution >= 0.6 is 0 Å². The van der Waals surface area contributed by atoms with Gasteiger partial charge < -0.3 is 10.0 Å². The Labute approximate surface area is 127 Å². The molecule has 1 N–H and O–H groups in total. The minimum Gasteiger partial charge on any atom is -0.396 e. The van der Waals surface area contributed by atoms with Gasteiger partial charge in [-0.05, 0) is 44.0 Å². The fourth-order valence-corrected chi connectivity index (χ4v) is 3.78. The Morgan fingerprint density at radius 2 is 1.86 bits per heavy atom. The number of nitrogens with zero attached hydrogens (tertiary/aromatic N) is 2. The van der Waals surface area contributed by atoms with Crippen molar-refractivity contribution in [2.75, 3.05) is 43.3 Å². The van der Waals surface area contributed by atoms with E-state index < -0.39 is 10.0 Å². The Hall–Kier alpha value is -1.11. The van der Waals surface area contributed by atoms with Gasteiger partial charge in [-0.15, -0.1) is 0 Å². The molecule has 0 aliphatic carbocycles. The van der Waals surface area contributed by atoms with Gasteiger partial charge in [0.05, 0.1) is 11.4 Å². The molecule has 21 heavy (non-hydrogen) atoms. The average Bonchev–Trinajstić information content (AvgIpc) is 2.53. The van der Waals surface area contributed by atoms with E-state index in [9.17, 15) is 8.42 Å². The summed E-state index contributed by atoms with van der Waals surface area (Å²) in [5.41, 5.74) is 0.691. The van der Waals surface area contributed by atoms with Gasteiger partial charge in [0, 0.05) is 20.2 Å². The summed E-state index contributed by atoms with van der Waals surface area (Å²) in [5, 5.41) is 9.11. The first kappa shape index (κ1) is 16.3. The van der Waals surface area contributed by atoms with Crippen molar-refractivity contribution in [1.29, 1.82) is 0 Å². The van der Waals surface area contributed by atoms with Crippen LogP contribution in [0.15, 0.2) is 30.3 Å². The molecule has 0 unspecified atom stereocenters. The highest BCUT2D eigenvalue weighted by atomic mass is 32.2. The molecule has 1 fully saturated rings. The molecule has 0 amide bonds. The molecule has 5 nitrogen and oxygen atoms in total. The van der Waals surface area contributed by atoms with Crippen LogP contribution in [-0.4, -0.2) is 57.5 Å². The monoisotopic (exact) mass is 312 g/mol. The molecule has 2 rings (SSSR count). The third kappa shape index (κ3) is 4.43. The molecule has 118 valence electrons. The maximum atomic E-state index is 12.4. The Morgan fingerprint density at radius 1 is 1.24 bits per heavy atom. The summed E-state index contributed by atoms with van der Waals surface area (Å²) in [6.07, 6.45) is 1.90. The van der Waals surface area contributed by atoms with Crippen molar-refractivity contribution in [1.82, 2.24) is 4.90 Å². The molecule has 0 atom stereocenters. The first-order valence-electron chi connectivity index (χ1n) is 7.38. The zero-order valence-corrected chi connectivity index (χ0v) is 13.3. The van der Waals surface area contributed by atoms with Crippen molar-refractivity contribution in [3.63, 3.8) is 0 Å². The van der Waals surface area contributed by atoms with Crippen molar-refractivity contribution >= 4 is 15.7 Å². The third-order valence-electron chi connectivity index (χ3n) is 4.17. The van der Waals surface area contributed by atoms with E-state index in [-0.39, 0.29) is 12.4 Å². The van der Waals surface area contributed by atoms with Crippen LogP contribution in [0.5, 0.6) is 0 Å². The minimum absolute atomic E-state index is 0.127. The van der Waals surface area contributed by atoms with Crippen LogP contribution in [0, 0.1) is 5.92 Å². The largest absolute Gasteiger partial charge is 0.396 e. The summed E-state index contributed by atoms with van der Waals surface area (Å²) in [5.74, 6) is 0.507. The van der Waals surface area contributed by atoms with E-state index in [4.69, 9.17) is 5.11 Å². The molecule has 1 saturated heterocycles. The van der Waals surface area contributed by atoms with E-state index in [2.05, 4.69) is 4.90 Å². The number of benzene rings is 1. The number of aliphatic hydroxyl groups is 1.